The molecule has 0 saturated carbocycles. The highest BCUT2D eigenvalue weighted by molar-refractivity contribution is 8.01. The predicted octanol–water partition coefficient (Wildman–Crippen LogP) is 4.72. The molecule has 0 bridgehead atoms. The van der Waals surface area contributed by atoms with Crippen molar-refractivity contribution >= 4 is 40.9 Å². The number of benzene rings is 3. The third-order valence-electron chi connectivity index (χ3n) is 4.97. The van der Waals surface area contributed by atoms with Crippen LogP contribution in [-0.4, -0.2) is 23.0 Å². The molecule has 0 spiro atoms. The number of hydrogen-bond donors (Lipinski definition) is 2. The number of carbonyl (C=O) groups excluding carboxylic acids is 3. The summed E-state index contributed by atoms with van der Waals surface area (Å²) in [6.07, 6.45) is -1.28. The largest absolute Gasteiger partial charge is 0.447 e. The summed E-state index contributed by atoms with van der Waals surface area (Å²) in [6.45, 7) is 1.96. The first-order valence-electron chi connectivity index (χ1n) is 10.2. The zero-order chi connectivity index (χ0) is 22.5. The number of hydrogen-bond acceptors (Lipinski definition) is 5. The molecule has 0 radical (unpaired) electrons. The van der Waals surface area contributed by atoms with Gasteiger partial charge in [0.25, 0.3) is 5.91 Å². The van der Waals surface area contributed by atoms with Crippen LogP contribution in [0.15, 0.2) is 83.8 Å². The Balaban J connectivity index is 1.47. The van der Waals surface area contributed by atoms with Crippen molar-refractivity contribution in [1.29, 1.82) is 0 Å². The number of anilines is 2. The second kappa shape index (κ2) is 9.70. The van der Waals surface area contributed by atoms with Crippen LogP contribution in [0.4, 0.5) is 11.4 Å². The van der Waals surface area contributed by atoms with Crippen LogP contribution in [0.2, 0.25) is 0 Å². The SMILES string of the molecule is Cc1ccc(NC(=O)[C@H](OC(=O)C[C@H]2Sc3ccccc3NC2=O)c2ccccc2)cc1. The average Bonchev–Trinajstić information content (AvgIpc) is 2.80. The zero-order valence-electron chi connectivity index (χ0n) is 17.4. The molecule has 162 valence electrons. The lowest BCUT2D eigenvalue weighted by Gasteiger charge is -2.24. The Morgan fingerprint density at radius 1 is 1.00 bits per heavy atom. The van der Waals surface area contributed by atoms with Gasteiger partial charge in [0, 0.05) is 16.1 Å². The highest BCUT2D eigenvalue weighted by atomic mass is 32.2. The molecule has 1 aliphatic heterocycles. The van der Waals surface area contributed by atoms with E-state index >= 15 is 0 Å². The number of amides is 2. The van der Waals surface area contributed by atoms with Gasteiger partial charge in [0.2, 0.25) is 12.0 Å². The summed E-state index contributed by atoms with van der Waals surface area (Å²) in [6, 6.07) is 23.6. The number of ether oxygens (including phenoxy) is 1. The second-order valence-electron chi connectivity index (χ2n) is 7.43. The van der Waals surface area contributed by atoms with Gasteiger partial charge in [-0.2, -0.15) is 0 Å². The minimum absolute atomic E-state index is 0.147. The van der Waals surface area contributed by atoms with Gasteiger partial charge in [0.1, 0.15) is 0 Å². The van der Waals surface area contributed by atoms with Crippen molar-refractivity contribution in [2.45, 2.75) is 29.6 Å². The Morgan fingerprint density at radius 2 is 1.69 bits per heavy atom. The summed E-state index contributed by atoms with van der Waals surface area (Å²) >= 11 is 1.32. The minimum atomic E-state index is -1.13. The van der Waals surface area contributed by atoms with Crippen LogP contribution in [0.3, 0.4) is 0 Å². The molecule has 1 heterocycles. The Kier molecular flexibility index (Phi) is 6.56. The molecule has 2 N–H and O–H groups in total. The highest BCUT2D eigenvalue weighted by Gasteiger charge is 2.32. The number of esters is 1. The average molecular weight is 447 g/mol. The van der Waals surface area contributed by atoms with Crippen LogP contribution in [-0.2, 0) is 19.1 Å². The number of nitrogens with one attached hydrogen (secondary N) is 2. The number of para-hydroxylation sites is 1. The highest BCUT2D eigenvalue weighted by Crippen LogP contribution is 2.37. The Morgan fingerprint density at radius 3 is 2.44 bits per heavy atom. The van der Waals surface area contributed by atoms with E-state index in [1.165, 1.54) is 11.8 Å². The molecule has 7 heteroatoms. The van der Waals surface area contributed by atoms with E-state index in [4.69, 9.17) is 4.74 Å². The van der Waals surface area contributed by atoms with E-state index in [1.54, 1.807) is 36.4 Å². The summed E-state index contributed by atoms with van der Waals surface area (Å²) in [5.41, 5.74) is 2.96. The maximum absolute atomic E-state index is 13.0. The summed E-state index contributed by atoms with van der Waals surface area (Å²) in [5.74, 6) is -1.34. The molecule has 0 aromatic heterocycles. The fraction of sp³-hybridized carbons (Fsp3) is 0.160. The topological polar surface area (TPSA) is 84.5 Å². The van der Waals surface area contributed by atoms with Crippen LogP contribution >= 0.6 is 11.8 Å². The molecule has 4 rings (SSSR count). The molecule has 3 aromatic rings. The molecule has 2 amide bonds. The van der Waals surface area contributed by atoms with Gasteiger partial charge in [0.05, 0.1) is 17.4 Å². The molecule has 0 aliphatic carbocycles. The number of thioether (sulfide) groups is 1. The first kappa shape index (κ1) is 21.6. The van der Waals surface area contributed by atoms with E-state index in [9.17, 15) is 14.4 Å². The monoisotopic (exact) mass is 446 g/mol. The molecule has 1 aliphatic rings. The minimum Gasteiger partial charge on any atom is -0.447 e. The third-order valence-corrected chi connectivity index (χ3v) is 6.24. The van der Waals surface area contributed by atoms with E-state index < -0.39 is 23.2 Å². The molecule has 0 unspecified atom stereocenters. The number of aryl methyl sites for hydroxylation is 1. The van der Waals surface area contributed by atoms with Crippen LogP contribution in [0.5, 0.6) is 0 Å². The summed E-state index contributed by atoms with van der Waals surface area (Å²) in [5, 5.41) is 4.98. The van der Waals surface area contributed by atoms with E-state index in [0.717, 1.165) is 16.1 Å². The molecule has 2 atom stereocenters. The fourth-order valence-electron chi connectivity index (χ4n) is 3.30. The van der Waals surface area contributed by atoms with Crippen molar-refractivity contribution < 1.29 is 19.1 Å². The standard InChI is InChI=1S/C25H22N2O4S/c1-16-11-13-18(14-12-16)26-25(30)23(17-7-3-2-4-8-17)31-22(28)15-21-24(29)27-19-9-5-6-10-20(19)32-21/h2-14,21,23H,15H2,1H3,(H,26,30)(H,27,29)/t21-,23-/m1/s1. The van der Waals surface area contributed by atoms with Gasteiger partial charge in [-0.1, -0.05) is 60.2 Å². The van der Waals surface area contributed by atoms with E-state index in [1.807, 2.05) is 49.4 Å². The number of carbonyl (C=O) groups is 3. The van der Waals surface area contributed by atoms with Crippen molar-refractivity contribution in [3.8, 4) is 0 Å². The normalized spacial score (nSPS) is 15.8. The van der Waals surface area contributed by atoms with E-state index in [2.05, 4.69) is 10.6 Å². The van der Waals surface area contributed by atoms with Gasteiger partial charge >= 0.3 is 5.97 Å². The van der Waals surface area contributed by atoms with Crippen molar-refractivity contribution in [2.24, 2.45) is 0 Å². The van der Waals surface area contributed by atoms with Crippen LogP contribution in [0.25, 0.3) is 0 Å². The van der Waals surface area contributed by atoms with Crippen molar-refractivity contribution in [3.63, 3.8) is 0 Å². The predicted molar refractivity (Wildman–Crippen MR) is 124 cm³/mol. The molecular formula is C25H22N2O4S. The first-order chi connectivity index (χ1) is 15.5. The molecular weight excluding hydrogens is 424 g/mol. The summed E-state index contributed by atoms with van der Waals surface area (Å²) in [7, 11) is 0. The first-order valence-corrected chi connectivity index (χ1v) is 11.1. The summed E-state index contributed by atoms with van der Waals surface area (Å²) < 4.78 is 5.59. The molecule has 32 heavy (non-hydrogen) atoms. The van der Waals surface area contributed by atoms with Gasteiger partial charge in [-0.05, 0) is 31.2 Å². The van der Waals surface area contributed by atoms with Gasteiger partial charge in [-0.3, -0.25) is 14.4 Å². The second-order valence-corrected chi connectivity index (χ2v) is 8.68. The number of fused-ring (bicyclic) bond motifs is 1. The fourth-order valence-corrected chi connectivity index (χ4v) is 4.40. The van der Waals surface area contributed by atoms with Crippen molar-refractivity contribution in [1.82, 2.24) is 0 Å². The Hall–Kier alpha value is -3.58. The molecule has 3 aromatic carbocycles. The van der Waals surface area contributed by atoms with Crippen molar-refractivity contribution in [2.75, 3.05) is 10.6 Å². The lowest BCUT2D eigenvalue weighted by molar-refractivity contribution is -0.155. The van der Waals surface area contributed by atoms with Crippen LogP contribution in [0, 0.1) is 6.92 Å². The van der Waals surface area contributed by atoms with Crippen LogP contribution in [0.1, 0.15) is 23.7 Å². The number of rotatable bonds is 6. The Labute approximate surface area is 190 Å². The maximum Gasteiger partial charge on any atom is 0.308 e. The smallest absolute Gasteiger partial charge is 0.308 e. The lowest BCUT2D eigenvalue weighted by Crippen LogP contribution is -2.33. The van der Waals surface area contributed by atoms with Gasteiger partial charge in [-0.15, -0.1) is 11.8 Å². The molecule has 0 fully saturated rings. The lowest BCUT2D eigenvalue weighted by atomic mass is 10.1. The molecule has 6 nitrogen and oxygen atoms in total. The van der Waals surface area contributed by atoms with E-state index in [-0.39, 0.29) is 12.3 Å². The Bertz CT molecular complexity index is 1130. The summed E-state index contributed by atoms with van der Waals surface area (Å²) in [4.78, 5) is 39.1. The van der Waals surface area contributed by atoms with E-state index in [0.29, 0.717) is 11.3 Å². The third kappa shape index (κ3) is 5.18. The van der Waals surface area contributed by atoms with Gasteiger partial charge in [0.15, 0.2) is 0 Å². The van der Waals surface area contributed by atoms with Gasteiger partial charge < -0.3 is 15.4 Å². The van der Waals surface area contributed by atoms with Gasteiger partial charge in [-0.25, -0.2) is 0 Å². The van der Waals surface area contributed by atoms with Crippen molar-refractivity contribution in [3.05, 3.63) is 90.0 Å². The van der Waals surface area contributed by atoms with Crippen LogP contribution < -0.4 is 10.6 Å². The quantitative estimate of drug-likeness (QED) is 0.535. The maximum atomic E-state index is 13.0. The molecule has 0 saturated heterocycles. The zero-order valence-corrected chi connectivity index (χ0v) is 18.2.